The maximum Gasteiger partial charge on any atom is 0.242 e. The normalized spacial score (nSPS) is 12.0. The lowest BCUT2D eigenvalue weighted by atomic mass is 10.0. The Morgan fingerprint density at radius 3 is 2.60 bits per heavy atom. The van der Waals surface area contributed by atoms with Crippen LogP contribution in [0, 0.1) is 6.92 Å². The van der Waals surface area contributed by atoms with Gasteiger partial charge in [-0.05, 0) is 36.8 Å². The predicted octanol–water partition coefficient (Wildman–Crippen LogP) is 3.92. The number of hydrogen-bond acceptors (Lipinski definition) is 4. The number of benzene rings is 1. The number of fused-ring (bicyclic) bond motifs is 1. The summed E-state index contributed by atoms with van der Waals surface area (Å²) in [6.45, 7) is 2.05. The fraction of sp³-hybridized carbons (Fsp3) is 0.250. The molecule has 3 aromatic rings. The molecule has 10 heteroatoms. The fourth-order valence-electron chi connectivity index (χ4n) is 3.26. The topological polar surface area (TPSA) is 81.2 Å². The molecule has 0 saturated carbocycles. The molecule has 1 aromatic carbocycles. The van der Waals surface area contributed by atoms with Crippen molar-refractivity contribution in [3.63, 3.8) is 0 Å². The van der Waals surface area contributed by atoms with Crippen LogP contribution in [0.1, 0.15) is 5.69 Å². The molecular weight excluding hydrogens is 450 g/mol. The second kappa shape index (κ2) is 10.4. The van der Waals surface area contributed by atoms with Crippen LogP contribution < -0.4 is 5.73 Å². The van der Waals surface area contributed by atoms with Crippen LogP contribution in [0.2, 0.25) is 0 Å². The summed E-state index contributed by atoms with van der Waals surface area (Å²) < 4.78 is 42.2. The van der Waals surface area contributed by atoms with Gasteiger partial charge in [0.1, 0.15) is 5.83 Å². The van der Waals surface area contributed by atoms with E-state index >= 15 is 0 Å². The lowest BCUT2D eigenvalue weighted by Gasteiger charge is -2.13. The largest absolute Gasteiger partial charge is 0.336 e. The molecule has 0 radical (unpaired) electrons. The van der Waals surface area contributed by atoms with Gasteiger partial charge in [0, 0.05) is 43.5 Å². The van der Waals surface area contributed by atoms with Gasteiger partial charge in [-0.25, -0.2) is 17.1 Å². The smallest absolute Gasteiger partial charge is 0.242 e. The Bertz CT molecular complexity index is 1160. The molecule has 0 unspecified atom stereocenters. The van der Waals surface area contributed by atoms with Crippen molar-refractivity contribution >= 4 is 45.7 Å². The Labute approximate surface area is 188 Å². The first-order chi connectivity index (χ1) is 13.3. The Kier molecular flexibility index (Phi) is 9.01. The quantitative estimate of drug-likeness (QED) is 0.586. The van der Waals surface area contributed by atoms with E-state index in [4.69, 9.17) is 5.73 Å². The molecule has 0 aliphatic carbocycles. The van der Waals surface area contributed by atoms with Crippen molar-refractivity contribution in [3.05, 3.63) is 60.3 Å². The average Bonchev–Trinajstić information content (AvgIpc) is 2.94. The number of nitrogens with zero attached hydrogens (tertiary/aromatic N) is 3. The molecule has 0 amide bonds. The summed E-state index contributed by atoms with van der Waals surface area (Å²) in [5.74, 6) is -0.332. The van der Waals surface area contributed by atoms with Crippen LogP contribution >= 0.6 is 24.8 Å². The SMILES string of the molecule is Cc1c(-c2cccc(S(=O)(=O)N(C)C)c2)c2ccncc2n1CC(F)=CCN.Cl.Cl. The van der Waals surface area contributed by atoms with Crippen molar-refractivity contribution in [1.29, 1.82) is 0 Å². The van der Waals surface area contributed by atoms with Crippen molar-refractivity contribution in [1.82, 2.24) is 13.9 Å². The van der Waals surface area contributed by atoms with Gasteiger partial charge in [0.15, 0.2) is 0 Å². The highest BCUT2D eigenvalue weighted by Crippen LogP contribution is 2.35. The summed E-state index contributed by atoms with van der Waals surface area (Å²) in [7, 11) is -0.567. The van der Waals surface area contributed by atoms with Crippen molar-refractivity contribution in [2.75, 3.05) is 20.6 Å². The van der Waals surface area contributed by atoms with Crippen LogP contribution in [-0.2, 0) is 16.6 Å². The Balaban J connectivity index is 0.00000225. The third kappa shape index (κ3) is 4.84. The lowest BCUT2D eigenvalue weighted by molar-refractivity contribution is 0.521. The summed E-state index contributed by atoms with van der Waals surface area (Å²) in [6.07, 6.45) is 4.69. The Morgan fingerprint density at radius 2 is 1.97 bits per heavy atom. The van der Waals surface area contributed by atoms with Gasteiger partial charge in [-0.1, -0.05) is 12.1 Å². The van der Waals surface area contributed by atoms with Crippen LogP contribution in [0.4, 0.5) is 4.39 Å². The molecule has 0 aliphatic rings. The summed E-state index contributed by atoms with van der Waals surface area (Å²) in [6, 6.07) is 8.64. The monoisotopic (exact) mass is 474 g/mol. The van der Waals surface area contributed by atoms with E-state index in [-0.39, 0.29) is 48.6 Å². The molecule has 3 rings (SSSR count). The number of allylic oxidation sites excluding steroid dienone is 1. The highest BCUT2D eigenvalue weighted by Gasteiger charge is 2.21. The molecule has 30 heavy (non-hydrogen) atoms. The first-order valence-electron chi connectivity index (χ1n) is 8.77. The first-order valence-corrected chi connectivity index (χ1v) is 10.2. The second-order valence-electron chi connectivity index (χ2n) is 6.64. The van der Waals surface area contributed by atoms with Gasteiger partial charge in [-0.3, -0.25) is 4.98 Å². The molecule has 2 heterocycles. The summed E-state index contributed by atoms with van der Waals surface area (Å²) in [5.41, 5.74) is 8.61. The van der Waals surface area contributed by atoms with Crippen LogP contribution in [-0.4, -0.2) is 42.9 Å². The zero-order valence-electron chi connectivity index (χ0n) is 16.9. The molecule has 2 N–H and O–H groups in total. The summed E-state index contributed by atoms with van der Waals surface area (Å²) in [5, 5.41) is 0.882. The van der Waals surface area contributed by atoms with Crippen molar-refractivity contribution < 1.29 is 12.8 Å². The Hall–Kier alpha value is -1.97. The van der Waals surface area contributed by atoms with E-state index in [0.29, 0.717) is 0 Å². The van der Waals surface area contributed by atoms with Gasteiger partial charge < -0.3 is 10.3 Å². The maximum atomic E-state index is 14.2. The number of rotatable bonds is 6. The molecule has 0 saturated heterocycles. The van der Waals surface area contributed by atoms with Gasteiger partial charge >= 0.3 is 0 Å². The fourth-order valence-corrected chi connectivity index (χ4v) is 4.21. The Morgan fingerprint density at radius 1 is 1.27 bits per heavy atom. The van der Waals surface area contributed by atoms with Gasteiger partial charge in [-0.2, -0.15) is 0 Å². The molecule has 0 spiro atoms. The molecule has 2 aromatic heterocycles. The first kappa shape index (κ1) is 26.1. The number of halogens is 3. The minimum absolute atomic E-state index is 0. The third-order valence-electron chi connectivity index (χ3n) is 4.68. The second-order valence-corrected chi connectivity index (χ2v) is 8.79. The number of hydrogen-bond donors (Lipinski definition) is 1. The van der Waals surface area contributed by atoms with Crippen LogP contribution in [0.25, 0.3) is 22.0 Å². The average molecular weight is 475 g/mol. The minimum Gasteiger partial charge on any atom is -0.336 e. The third-order valence-corrected chi connectivity index (χ3v) is 6.49. The standard InChI is InChI=1S/C20H23FN4O2S.2ClH/c1-14-20(15-5-4-6-17(11-15)28(26,27)24(2)3)18-8-10-23-12-19(18)25(14)13-16(21)7-9-22;;/h4-8,10-12H,9,13,22H2,1-3H3;2*1H. The number of sulfonamides is 1. The van der Waals surface area contributed by atoms with Gasteiger partial charge in [0.2, 0.25) is 10.0 Å². The lowest BCUT2D eigenvalue weighted by Crippen LogP contribution is -2.22. The van der Waals surface area contributed by atoms with Crippen LogP contribution in [0.3, 0.4) is 0 Å². The van der Waals surface area contributed by atoms with Gasteiger partial charge in [0.25, 0.3) is 0 Å². The predicted molar refractivity (Wildman–Crippen MR) is 124 cm³/mol. The molecule has 164 valence electrons. The summed E-state index contributed by atoms with van der Waals surface area (Å²) >= 11 is 0. The number of pyridine rings is 1. The zero-order chi connectivity index (χ0) is 20.5. The number of aromatic nitrogens is 2. The van der Waals surface area contributed by atoms with Gasteiger partial charge in [0.05, 0.1) is 23.2 Å². The van der Waals surface area contributed by atoms with Crippen molar-refractivity contribution in [3.8, 4) is 11.1 Å². The van der Waals surface area contributed by atoms with E-state index in [0.717, 1.165) is 27.7 Å². The van der Waals surface area contributed by atoms with E-state index < -0.39 is 10.0 Å². The van der Waals surface area contributed by atoms with Crippen LogP contribution in [0.15, 0.2) is 59.5 Å². The number of nitrogens with two attached hydrogens (primary N) is 1. The van der Waals surface area contributed by atoms with E-state index in [1.54, 1.807) is 30.6 Å². The molecule has 0 bridgehead atoms. The van der Waals surface area contributed by atoms with E-state index in [1.807, 2.05) is 23.6 Å². The maximum absolute atomic E-state index is 14.2. The van der Waals surface area contributed by atoms with E-state index in [9.17, 15) is 12.8 Å². The zero-order valence-corrected chi connectivity index (χ0v) is 19.3. The summed E-state index contributed by atoms with van der Waals surface area (Å²) in [4.78, 5) is 4.37. The van der Waals surface area contributed by atoms with Gasteiger partial charge in [-0.15, -0.1) is 24.8 Å². The van der Waals surface area contributed by atoms with E-state index in [1.165, 1.54) is 24.5 Å². The molecule has 6 nitrogen and oxygen atoms in total. The van der Waals surface area contributed by atoms with Crippen molar-refractivity contribution in [2.45, 2.75) is 18.4 Å². The highest BCUT2D eigenvalue weighted by molar-refractivity contribution is 7.89. The molecular formula is C20H25Cl2FN4O2S. The molecule has 0 aliphatic heterocycles. The highest BCUT2D eigenvalue weighted by atomic mass is 35.5. The van der Waals surface area contributed by atoms with Crippen molar-refractivity contribution in [2.24, 2.45) is 5.73 Å². The molecule has 0 atom stereocenters. The minimum atomic E-state index is -3.56. The van der Waals surface area contributed by atoms with Crippen LogP contribution in [0.5, 0.6) is 0 Å². The molecule has 0 fully saturated rings. The van der Waals surface area contributed by atoms with E-state index in [2.05, 4.69) is 4.98 Å².